The van der Waals surface area contributed by atoms with Gasteiger partial charge in [0.1, 0.15) is 12.1 Å². The number of carbonyl (C=O) groups excluding carboxylic acids is 1. The van der Waals surface area contributed by atoms with Crippen molar-refractivity contribution in [1.82, 2.24) is 0 Å². The number of ether oxygens (including phenoxy) is 2. The Balaban J connectivity index is 4.18. The highest BCUT2D eigenvalue weighted by molar-refractivity contribution is 7.47. The largest absolute Gasteiger partial charge is 0.480 e. The van der Waals surface area contributed by atoms with Gasteiger partial charge in [-0.1, -0.05) is 200 Å². The molecular weight excluding hydrogens is 693 g/mol. The minimum absolute atomic E-state index is 0.0257. The molecule has 0 aromatic rings. The summed E-state index contributed by atoms with van der Waals surface area (Å²) in [7, 11) is -4.61. The highest BCUT2D eigenvalue weighted by atomic mass is 31.2. The number of carbonyl (C=O) groups is 2. The average Bonchev–Trinajstić information content (AvgIpc) is 3.13. The van der Waals surface area contributed by atoms with E-state index in [0.29, 0.717) is 6.61 Å². The first kappa shape index (κ1) is 52.0. The van der Waals surface area contributed by atoms with E-state index in [4.69, 9.17) is 29.4 Å². The monoisotopic (exact) mass is 778 g/mol. The smallest absolute Gasteiger partial charge is 0.472 e. The van der Waals surface area contributed by atoms with E-state index in [2.05, 4.69) is 13.8 Å². The second-order valence-electron chi connectivity index (χ2n) is 15.2. The number of hydrogen-bond acceptors (Lipinski definition) is 8. The van der Waals surface area contributed by atoms with E-state index in [0.717, 1.165) is 38.5 Å². The Bertz CT molecular complexity index is 862. The molecule has 0 saturated carbocycles. The third kappa shape index (κ3) is 39.0. The summed E-state index contributed by atoms with van der Waals surface area (Å²) in [5.41, 5.74) is 5.35. The standard InChI is InChI=1S/C42H84NO9P/c1-3-5-7-9-11-13-15-17-19-20-22-24-26-28-30-32-34-41(44)52-39(37-50-53(47,48)51-38-40(43)42(45)46)36-49-35-33-31-29-27-25-23-21-18-16-14-12-10-8-6-4-2/h39-40H,3-38,43H2,1-2H3,(H,45,46)(H,47,48). The molecule has 0 aliphatic heterocycles. The average molecular weight is 778 g/mol. The van der Waals surface area contributed by atoms with Crippen molar-refractivity contribution in [2.75, 3.05) is 26.4 Å². The van der Waals surface area contributed by atoms with Crippen molar-refractivity contribution in [2.45, 2.75) is 231 Å². The first-order valence-electron chi connectivity index (χ1n) is 22.1. The van der Waals surface area contributed by atoms with Crippen LogP contribution in [-0.4, -0.2) is 60.5 Å². The van der Waals surface area contributed by atoms with E-state index in [9.17, 15) is 19.0 Å². The number of unbranched alkanes of at least 4 members (excludes halogenated alkanes) is 29. The number of nitrogens with two attached hydrogens (primary N) is 1. The highest BCUT2D eigenvalue weighted by Gasteiger charge is 2.27. The minimum atomic E-state index is -4.61. The maximum Gasteiger partial charge on any atom is 0.472 e. The van der Waals surface area contributed by atoms with Crippen molar-refractivity contribution in [1.29, 1.82) is 0 Å². The molecule has 0 rings (SSSR count). The fraction of sp³-hybridized carbons (Fsp3) is 0.952. The second kappa shape index (κ2) is 39.2. The lowest BCUT2D eigenvalue weighted by Gasteiger charge is -2.20. The summed E-state index contributed by atoms with van der Waals surface area (Å²) in [5.74, 6) is -1.76. The number of aliphatic carboxylic acids is 1. The molecule has 0 aliphatic rings. The molecule has 0 radical (unpaired) electrons. The molecule has 0 heterocycles. The van der Waals surface area contributed by atoms with Crippen molar-refractivity contribution in [3.8, 4) is 0 Å². The van der Waals surface area contributed by atoms with Gasteiger partial charge in [-0.15, -0.1) is 0 Å². The molecule has 3 unspecified atom stereocenters. The zero-order chi connectivity index (χ0) is 39.1. The molecule has 0 fully saturated rings. The van der Waals surface area contributed by atoms with Crippen molar-refractivity contribution >= 4 is 19.8 Å². The highest BCUT2D eigenvalue weighted by Crippen LogP contribution is 2.43. The summed E-state index contributed by atoms with van der Waals surface area (Å²) in [5, 5.41) is 8.89. The summed E-state index contributed by atoms with van der Waals surface area (Å²) in [4.78, 5) is 33.5. The van der Waals surface area contributed by atoms with Crippen LogP contribution in [0.25, 0.3) is 0 Å². The van der Waals surface area contributed by atoms with Gasteiger partial charge in [0.15, 0.2) is 0 Å². The van der Waals surface area contributed by atoms with E-state index >= 15 is 0 Å². The van der Waals surface area contributed by atoms with Gasteiger partial charge in [-0.2, -0.15) is 0 Å². The van der Waals surface area contributed by atoms with Crippen LogP contribution in [0.5, 0.6) is 0 Å². The van der Waals surface area contributed by atoms with E-state index in [1.54, 1.807) is 0 Å². The van der Waals surface area contributed by atoms with Crippen LogP contribution in [-0.2, 0) is 32.7 Å². The minimum Gasteiger partial charge on any atom is -0.480 e. The van der Waals surface area contributed by atoms with Gasteiger partial charge in [0.2, 0.25) is 0 Å². The fourth-order valence-electron chi connectivity index (χ4n) is 6.43. The van der Waals surface area contributed by atoms with Crippen LogP contribution in [0.2, 0.25) is 0 Å². The van der Waals surface area contributed by atoms with Gasteiger partial charge < -0.3 is 25.2 Å². The van der Waals surface area contributed by atoms with Crippen LogP contribution in [0.3, 0.4) is 0 Å². The van der Waals surface area contributed by atoms with Gasteiger partial charge >= 0.3 is 19.8 Å². The molecule has 11 heteroatoms. The molecule has 0 bridgehead atoms. The molecule has 10 nitrogen and oxygen atoms in total. The Morgan fingerprint density at radius 2 is 0.868 bits per heavy atom. The SMILES string of the molecule is CCCCCCCCCCCCCCCCCCC(=O)OC(COCCCCCCCCCCCCCCCCC)COP(=O)(O)OCC(N)C(=O)O. The molecule has 3 atom stereocenters. The zero-order valence-corrected chi connectivity index (χ0v) is 35.3. The number of phosphoric ester groups is 1. The third-order valence-corrected chi connectivity index (χ3v) is 10.8. The number of hydrogen-bond donors (Lipinski definition) is 3. The van der Waals surface area contributed by atoms with Crippen molar-refractivity contribution in [2.24, 2.45) is 5.73 Å². The fourth-order valence-corrected chi connectivity index (χ4v) is 7.21. The summed E-state index contributed by atoms with van der Waals surface area (Å²) < 4.78 is 33.4. The molecule has 0 saturated heterocycles. The predicted octanol–water partition coefficient (Wildman–Crippen LogP) is 12.0. The van der Waals surface area contributed by atoms with Gasteiger partial charge in [0, 0.05) is 13.0 Å². The van der Waals surface area contributed by atoms with Crippen LogP contribution < -0.4 is 5.73 Å². The topological polar surface area (TPSA) is 155 Å². The third-order valence-electron chi connectivity index (χ3n) is 9.89. The number of carboxylic acid groups (broad SMARTS) is 1. The van der Waals surface area contributed by atoms with Crippen LogP contribution >= 0.6 is 7.82 Å². The predicted molar refractivity (Wildman–Crippen MR) is 217 cm³/mol. The quantitative estimate of drug-likeness (QED) is 0.0309. The van der Waals surface area contributed by atoms with Gasteiger partial charge in [0.25, 0.3) is 0 Å². The van der Waals surface area contributed by atoms with Gasteiger partial charge in [0.05, 0.1) is 19.8 Å². The van der Waals surface area contributed by atoms with E-state index in [-0.39, 0.29) is 13.0 Å². The van der Waals surface area contributed by atoms with Crippen molar-refractivity contribution < 1.29 is 42.7 Å². The molecule has 0 aromatic heterocycles. The molecule has 4 N–H and O–H groups in total. The van der Waals surface area contributed by atoms with E-state index in [1.807, 2.05) is 0 Å². The van der Waals surface area contributed by atoms with Gasteiger partial charge in [-0.05, 0) is 12.8 Å². The summed E-state index contributed by atoms with van der Waals surface area (Å²) >= 11 is 0. The Morgan fingerprint density at radius 1 is 0.528 bits per heavy atom. The number of rotatable bonds is 43. The normalized spacial score (nSPS) is 13.9. The Morgan fingerprint density at radius 3 is 1.25 bits per heavy atom. The first-order chi connectivity index (χ1) is 25.7. The lowest BCUT2D eigenvalue weighted by molar-refractivity contribution is -0.154. The molecular formula is C42H84NO9P. The van der Waals surface area contributed by atoms with Crippen LogP contribution in [0.4, 0.5) is 0 Å². The van der Waals surface area contributed by atoms with Crippen LogP contribution in [0.1, 0.15) is 219 Å². The second-order valence-corrected chi connectivity index (χ2v) is 16.6. The summed E-state index contributed by atoms with van der Waals surface area (Å²) in [6.45, 7) is 3.93. The van der Waals surface area contributed by atoms with Gasteiger partial charge in [-0.3, -0.25) is 18.6 Å². The number of carboxylic acids is 1. The summed E-state index contributed by atoms with van der Waals surface area (Å²) in [6, 6.07) is -1.47. The maximum absolute atomic E-state index is 12.6. The van der Waals surface area contributed by atoms with Crippen molar-refractivity contribution in [3.63, 3.8) is 0 Å². The lowest BCUT2D eigenvalue weighted by Crippen LogP contribution is -2.34. The van der Waals surface area contributed by atoms with E-state index in [1.165, 1.54) is 161 Å². The van der Waals surface area contributed by atoms with Crippen LogP contribution in [0.15, 0.2) is 0 Å². The number of esters is 1. The lowest BCUT2D eigenvalue weighted by atomic mass is 10.0. The van der Waals surface area contributed by atoms with Crippen LogP contribution in [0, 0.1) is 0 Å². The molecule has 0 amide bonds. The Hall–Kier alpha value is -1.03. The van der Waals surface area contributed by atoms with E-state index < -0.39 is 45.1 Å². The number of phosphoric acid groups is 1. The Labute approximate surface area is 325 Å². The van der Waals surface area contributed by atoms with Crippen molar-refractivity contribution in [3.05, 3.63) is 0 Å². The summed E-state index contributed by atoms with van der Waals surface area (Å²) in [6.07, 6.45) is 38.6. The Kier molecular flexibility index (Phi) is 38.5. The molecule has 53 heavy (non-hydrogen) atoms. The molecule has 0 aliphatic carbocycles. The molecule has 316 valence electrons. The molecule has 0 aromatic carbocycles. The first-order valence-corrected chi connectivity index (χ1v) is 23.6. The molecule has 0 spiro atoms. The van der Waals surface area contributed by atoms with Gasteiger partial charge in [-0.25, -0.2) is 4.57 Å². The maximum atomic E-state index is 12.6. The zero-order valence-electron chi connectivity index (χ0n) is 34.4.